The van der Waals surface area contributed by atoms with Crippen LogP contribution in [0.15, 0.2) is 40.3 Å². The van der Waals surface area contributed by atoms with E-state index in [4.69, 9.17) is 0 Å². The molecule has 4 aliphatic rings. The van der Waals surface area contributed by atoms with Gasteiger partial charge in [0.05, 0.1) is 5.71 Å². The lowest BCUT2D eigenvalue weighted by molar-refractivity contribution is -0.128. The highest BCUT2D eigenvalue weighted by Crippen LogP contribution is 2.70. The van der Waals surface area contributed by atoms with Gasteiger partial charge in [-0.1, -0.05) is 52.8 Å². The Labute approximate surface area is 189 Å². The summed E-state index contributed by atoms with van der Waals surface area (Å²) in [5.41, 5.74) is -1.74. The second kappa shape index (κ2) is 6.66. The van der Waals surface area contributed by atoms with Crippen molar-refractivity contribution in [3.8, 4) is 0 Å². The van der Waals surface area contributed by atoms with Crippen molar-refractivity contribution < 1.29 is 25.0 Å². The van der Waals surface area contributed by atoms with Gasteiger partial charge in [-0.2, -0.15) is 0 Å². The number of ketones is 2. The van der Waals surface area contributed by atoms with Crippen molar-refractivity contribution in [3.63, 3.8) is 0 Å². The summed E-state index contributed by atoms with van der Waals surface area (Å²) in [4.78, 5) is 27.7. The van der Waals surface area contributed by atoms with Gasteiger partial charge in [0, 0.05) is 40.2 Å². The normalized spacial score (nSPS) is 43.2. The van der Waals surface area contributed by atoms with Gasteiger partial charge >= 0.3 is 0 Å². The number of aliphatic hydroxyl groups excluding tert-OH is 2. The molecule has 6 heteroatoms. The topological polar surface area (TPSA) is 107 Å². The highest BCUT2D eigenvalue weighted by Gasteiger charge is 2.67. The fraction of sp³-hybridized carbons (Fsp3) is 0.654. The van der Waals surface area contributed by atoms with E-state index in [0.717, 1.165) is 12.8 Å². The fourth-order valence-corrected chi connectivity index (χ4v) is 7.90. The van der Waals surface area contributed by atoms with E-state index in [9.17, 15) is 25.0 Å². The molecule has 2 saturated carbocycles. The Balaban J connectivity index is 2.01. The van der Waals surface area contributed by atoms with Crippen molar-refractivity contribution in [1.82, 2.24) is 0 Å². The van der Waals surface area contributed by atoms with Crippen LogP contribution < -0.4 is 0 Å². The maximum atomic E-state index is 13.9. The van der Waals surface area contributed by atoms with Crippen LogP contribution >= 0.6 is 0 Å². The molecule has 0 aliphatic heterocycles. The van der Waals surface area contributed by atoms with Crippen molar-refractivity contribution in [2.45, 2.75) is 73.3 Å². The number of aliphatic hydroxyl groups is 2. The average molecular weight is 442 g/mol. The molecule has 0 unspecified atom stereocenters. The first kappa shape index (κ1) is 23.0. The molecule has 4 aliphatic carbocycles. The average Bonchev–Trinajstić information content (AvgIpc) is 2.98. The smallest absolute Gasteiger partial charge is 0.224 e. The Morgan fingerprint density at radius 2 is 1.75 bits per heavy atom. The molecule has 0 spiro atoms. The highest BCUT2D eigenvalue weighted by molar-refractivity contribution is 6.18. The van der Waals surface area contributed by atoms with Gasteiger partial charge < -0.3 is 15.4 Å². The van der Waals surface area contributed by atoms with Gasteiger partial charge in [0.2, 0.25) is 5.78 Å². The molecule has 0 aromatic rings. The molecule has 6 nitrogen and oxygen atoms in total. The number of allylic oxidation sites excluding steroid dienone is 3. The first-order valence-electron chi connectivity index (χ1n) is 11.5. The zero-order chi connectivity index (χ0) is 24.0. The molecule has 6 atom stereocenters. The zero-order valence-electron chi connectivity index (χ0n) is 20.0. The second-order valence-electron chi connectivity index (χ2n) is 11.6. The zero-order valence-corrected chi connectivity index (χ0v) is 20.0. The van der Waals surface area contributed by atoms with E-state index < -0.39 is 33.5 Å². The third-order valence-corrected chi connectivity index (χ3v) is 9.74. The van der Waals surface area contributed by atoms with Crippen LogP contribution in [0.4, 0.5) is 0 Å². The minimum absolute atomic E-state index is 0.0740. The SMILES string of the molecule is C=C[C@H](C)[C@@H]1CC[C@]2(C)C3=C(C(=O)C[C@]12C)[C@]1(C)CC(=NO)[C@@H](O)C(C)(C)C1=C(O)C3=O. The standard InChI is InChI=1S/C26H35NO5/c1-8-13(2)14-9-10-25(6)18-17(16(28)12-26(14,25)7)24(5)11-15(27-32)22(31)23(3,4)21(24)20(30)19(18)29/h8,13-14,22,30-32H,1,9-12H2,2-7H3/t13-,14-,22+,24-,25+,26+/m0/s1. The summed E-state index contributed by atoms with van der Waals surface area (Å²) in [6.07, 6.45) is 2.76. The summed E-state index contributed by atoms with van der Waals surface area (Å²) in [5.74, 6) is -0.553. The van der Waals surface area contributed by atoms with Crippen LogP contribution in [0.25, 0.3) is 0 Å². The minimum atomic E-state index is -1.17. The number of oxime groups is 1. The van der Waals surface area contributed by atoms with Crippen LogP contribution in [-0.4, -0.2) is 38.8 Å². The molecule has 0 heterocycles. The molecule has 174 valence electrons. The molecule has 4 rings (SSSR count). The summed E-state index contributed by atoms with van der Waals surface area (Å²) in [7, 11) is 0. The van der Waals surface area contributed by atoms with E-state index >= 15 is 0 Å². The lowest BCUT2D eigenvalue weighted by Crippen LogP contribution is -2.58. The number of carbonyl (C=O) groups is 2. The van der Waals surface area contributed by atoms with Crippen LogP contribution in [0.5, 0.6) is 0 Å². The van der Waals surface area contributed by atoms with Gasteiger partial charge in [-0.05, 0) is 35.7 Å². The van der Waals surface area contributed by atoms with Crippen molar-refractivity contribution in [2.75, 3.05) is 0 Å². The Morgan fingerprint density at radius 1 is 1.12 bits per heavy atom. The predicted molar refractivity (Wildman–Crippen MR) is 121 cm³/mol. The summed E-state index contributed by atoms with van der Waals surface area (Å²) in [6, 6.07) is 0. The Hall–Kier alpha value is -2.21. The molecule has 3 N–H and O–H groups in total. The molecule has 0 radical (unpaired) electrons. The van der Waals surface area contributed by atoms with Gasteiger partial charge in [-0.3, -0.25) is 9.59 Å². The summed E-state index contributed by atoms with van der Waals surface area (Å²) in [5, 5.41) is 35.1. The molecular weight excluding hydrogens is 406 g/mol. The van der Waals surface area contributed by atoms with Crippen LogP contribution in [0.1, 0.15) is 67.2 Å². The van der Waals surface area contributed by atoms with E-state index in [2.05, 4.69) is 32.5 Å². The summed E-state index contributed by atoms with van der Waals surface area (Å²) < 4.78 is 0. The maximum Gasteiger partial charge on any atom is 0.224 e. The van der Waals surface area contributed by atoms with E-state index in [1.54, 1.807) is 13.8 Å². The number of hydrogen-bond donors (Lipinski definition) is 3. The number of hydrogen-bond acceptors (Lipinski definition) is 6. The Morgan fingerprint density at radius 3 is 2.31 bits per heavy atom. The number of rotatable bonds is 2. The molecular formula is C26H35NO5. The van der Waals surface area contributed by atoms with Gasteiger partial charge in [-0.15, -0.1) is 6.58 Å². The van der Waals surface area contributed by atoms with Crippen molar-refractivity contribution >= 4 is 17.3 Å². The van der Waals surface area contributed by atoms with Gasteiger partial charge in [0.25, 0.3) is 0 Å². The number of carbonyl (C=O) groups excluding carboxylic acids is 2. The predicted octanol–water partition coefficient (Wildman–Crippen LogP) is 4.52. The first-order chi connectivity index (χ1) is 14.7. The molecule has 0 aromatic heterocycles. The van der Waals surface area contributed by atoms with Crippen LogP contribution in [-0.2, 0) is 9.59 Å². The fourth-order valence-electron chi connectivity index (χ4n) is 7.90. The Bertz CT molecular complexity index is 1030. The van der Waals surface area contributed by atoms with Gasteiger partial charge in [-0.25, -0.2) is 0 Å². The summed E-state index contributed by atoms with van der Waals surface area (Å²) >= 11 is 0. The third kappa shape index (κ3) is 2.42. The van der Waals surface area contributed by atoms with Gasteiger partial charge in [0.1, 0.15) is 6.10 Å². The van der Waals surface area contributed by atoms with E-state index in [0.29, 0.717) is 23.1 Å². The summed E-state index contributed by atoms with van der Waals surface area (Å²) in [6.45, 7) is 15.5. The van der Waals surface area contributed by atoms with Crippen LogP contribution in [0, 0.1) is 33.5 Å². The van der Waals surface area contributed by atoms with Crippen molar-refractivity contribution in [1.29, 1.82) is 0 Å². The molecule has 0 aromatic carbocycles. The second-order valence-corrected chi connectivity index (χ2v) is 11.6. The Kier molecular flexibility index (Phi) is 4.78. The maximum absolute atomic E-state index is 13.9. The number of fused-ring (bicyclic) bond motifs is 4. The quantitative estimate of drug-likeness (QED) is 0.332. The molecule has 32 heavy (non-hydrogen) atoms. The molecule has 2 fully saturated rings. The highest BCUT2D eigenvalue weighted by atomic mass is 16.4. The monoisotopic (exact) mass is 441 g/mol. The van der Waals surface area contributed by atoms with E-state index in [1.807, 2.05) is 13.0 Å². The lowest BCUT2D eigenvalue weighted by Gasteiger charge is -2.57. The van der Waals surface area contributed by atoms with Crippen LogP contribution in [0.3, 0.4) is 0 Å². The minimum Gasteiger partial charge on any atom is -0.504 e. The number of Topliss-reactive ketones (excluding diaryl/α,β-unsaturated/α-hetero) is 2. The van der Waals surface area contributed by atoms with Crippen molar-refractivity contribution in [3.05, 3.63) is 35.1 Å². The lowest BCUT2D eigenvalue weighted by atomic mass is 9.45. The van der Waals surface area contributed by atoms with E-state index in [1.165, 1.54) is 0 Å². The molecule has 0 amide bonds. The molecule has 0 bridgehead atoms. The first-order valence-corrected chi connectivity index (χ1v) is 11.5. The number of nitrogens with zero attached hydrogens (tertiary/aromatic N) is 1. The molecule has 0 saturated heterocycles. The van der Waals surface area contributed by atoms with E-state index in [-0.39, 0.29) is 35.5 Å². The van der Waals surface area contributed by atoms with Crippen molar-refractivity contribution in [2.24, 2.45) is 38.7 Å². The van der Waals surface area contributed by atoms with Crippen LogP contribution in [0.2, 0.25) is 0 Å². The van der Waals surface area contributed by atoms with Gasteiger partial charge in [0.15, 0.2) is 11.5 Å². The third-order valence-electron chi connectivity index (χ3n) is 9.74. The largest absolute Gasteiger partial charge is 0.504 e.